The van der Waals surface area contributed by atoms with Crippen LogP contribution in [0.15, 0.2) is 52.9 Å². The van der Waals surface area contributed by atoms with Crippen LogP contribution in [-0.4, -0.2) is 5.91 Å². The summed E-state index contributed by atoms with van der Waals surface area (Å²) in [6.45, 7) is 0.539. The van der Waals surface area contributed by atoms with Gasteiger partial charge >= 0.3 is 0 Å². The van der Waals surface area contributed by atoms with Gasteiger partial charge in [0.1, 0.15) is 23.9 Å². The van der Waals surface area contributed by atoms with Crippen LogP contribution in [0.2, 0.25) is 4.34 Å². The SMILES string of the molecule is O=C(NCc1ccc(Cl)s1)c1ccc(COc2ccc(F)cc2)o1. The fraction of sp³-hybridized carbons (Fsp3) is 0.118. The maximum Gasteiger partial charge on any atom is 0.287 e. The number of hydrogen-bond acceptors (Lipinski definition) is 4. The molecule has 0 saturated carbocycles. The Bertz CT molecular complexity index is 828. The van der Waals surface area contributed by atoms with E-state index in [1.807, 2.05) is 6.07 Å². The van der Waals surface area contributed by atoms with Gasteiger partial charge in [0.15, 0.2) is 5.76 Å². The van der Waals surface area contributed by atoms with Crippen LogP contribution in [0.1, 0.15) is 21.2 Å². The van der Waals surface area contributed by atoms with Gasteiger partial charge in [-0.2, -0.15) is 0 Å². The molecule has 0 aliphatic rings. The molecule has 2 aromatic heterocycles. The summed E-state index contributed by atoms with van der Waals surface area (Å²) in [5.74, 6) is 0.589. The summed E-state index contributed by atoms with van der Waals surface area (Å²) in [6, 6.07) is 12.6. The van der Waals surface area contributed by atoms with E-state index in [0.717, 1.165) is 4.88 Å². The van der Waals surface area contributed by atoms with Crippen LogP contribution in [-0.2, 0) is 13.2 Å². The highest BCUT2D eigenvalue weighted by molar-refractivity contribution is 7.16. The van der Waals surface area contributed by atoms with Crippen LogP contribution in [0.25, 0.3) is 0 Å². The molecule has 3 aromatic rings. The average Bonchev–Trinajstić information content (AvgIpc) is 3.21. The lowest BCUT2D eigenvalue weighted by molar-refractivity contribution is 0.0919. The van der Waals surface area contributed by atoms with Crippen molar-refractivity contribution in [3.63, 3.8) is 0 Å². The predicted octanol–water partition coefficient (Wildman–Crippen LogP) is 4.64. The summed E-state index contributed by atoms with van der Waals surface area (Å²) < 4.78 is 24.4. The lowest BCUT2D eigenvalue weighted by atomic mass is 10.3. The van der Waals surface area contributed by atoms with Gasteiger partial charge < -0.3 is 14.5 Å². The van der Waals surface area contributed by atoms with E-state index in [9.17, 15) is 9.18 Å². The molecule has 2 heterocycles. The number of rotatable bonds is 6. The number of halogens is 2. The zero-order chi connectivity index (χ0) is 16.9. The number of amides is 1. The van der Waals surface area contributed by atoms with Crippen molar-refractivity contribution in [1.29, 1.82) is 0 Å². The van der Waals surface area contributed by atoms with Crippen LogP contribution in [0, 0.1) is 5.82 Å². The molecule has 0 fully saturated rings. The first kappa shape index (κ1) is 16.5. The van der Waals surface area contributed by atoms with Crippen molar-refractivity contribution in [3.05, 3.63) is 75.1 Å². The molecule has 7 heteroatoms. The molecule has 0 spiro atoms. The van der Waals surface area contributed by atoms with Gasteiger partial charge in [-0.25, -0.2) is 4.39 Å². The third kappa shape index (κ3) is 4.37. The number of thiophene rings is 1. The van der Waals surface area contributed by atoms with Crippen molar-refractivity contribution in [2.45, 2.75) is 13.2 Å². The Morgan fingerprint density at radius 3 is 2.67 bits per heavy atom. The number of carbonyl (C=O) groups is 1. The molecule has 0 bridgehead atoms. The van der Waals surface area contributed by atoms with E-state index < -0.39 is 0 Å². The van der Waals surface area contributed by atoms with Gasteiger partial charge in [0, 0.05) is 4.88 Å². The first-order valence-electron chi connectivity index (χ1n) is 7.09. The minimum Gasteiger partial charge on any atom is -0.486 e. The maximum atomic E-state index is 12.8. The number of benzene rings is 1. The summed E-state index contributed by atoms with van der Waals surface area (Å²) in [4.78, 5) is 13.0. The van der Waals surface area contributed by atoms with Crippen LogP contribution < -0.4 is 10.1 Å². The molecule has 0 saturated heterocycles. The van der Waals surface area contributed by atoms with E-state index in [1.165, 1.54) is 35.6 Å². The van der Waals surface area contributed by atoms with E-state index in [4.69, 9.17) is 20.8 Å². The molecule has 0 aliphatic carbocycles. The van der Waals surface area contributed by atoms with E-state index in [0.29, 0.717) is 22.4 Å². The molecule has 4 nitrogen and oxygen atoms in total. The third-order valence-corrected chi connectivity index (χ3v) is 4.36. The highest BCUT2D eigenvalue weighted by Crippen LogP contribution is 2.21. The molecular formula is C17H13ClFNO3S. The molecule has 1 aromatic carbocycles. The van der Waals surface area contributed by atoms with E-state index in [1.54, 1.807) is 18.2 Å². The number of nitrogens with one attached hydrogen (secondary N) is 1. The Morgan fingerprint density at radius 2 is 1.96 bits per heavy atom. The third-order valence-electron chi connectivity index (χ3n) is 3.13. The fourth-order valence-corrected chi connectivity index (χ4v) is 2.99. The second-order valence-electron chi connectivity index (χ2n) is 4.90. The van der Waals surface area contributed by atoms with Gasteiger partial charge in [-0.15, -0.1) is 11.3 Å². The Morgan fingerprint density at radius 1 is 1.17 bits per heavy atom. The Balaban J connectivity index is 1.52. The normalized spacial score (nSPS) is 10.6. The van der Waals surface area contributed by atoms with Crippen molar-refractivity contribution in [2.75, 3.05) is 0 Å². The quantitative estimate of drug-likeness (QED) is 0.692. The molecule has 0 radical (unpaired) electrons. The average molecular weight is 366 g/mol. The van der Waals surface area contributed by atoms with Crippen LogP contribution in [0.5, 0.6) is 5.75 Å². The Hall–Kier alpha value is -2.31. The van der Waals surface area contributed by atoms with Crippen molar-refractivity contribution in [3.8, 4) is 5.75 Å². The van der Waals surface area contributed by atoms with Crippen LogP contribution in [0.4, 0.5) is 4.39 Å². The zero-order valence-electron chi connectivity index (χ0n) is 12.4. The minimum atomic E-state index is -0.327. The topological polar surface area (TPSA) is 51.5 Å². The summed E-state index contributed by atoms with van der Waals surface area (Å²) in [5.41, 5.74) is 0. The van der Waals surface area contributed by atoms with Crippen molar-refractivity contribution in [2.24, 2.45) is 0 Å². The van der Waals surface area contributed by atoms with Crippen molar-refractivity contribution >= 4 is 28.8 Å². The number of hydrogen-bond donors (Lipinski definition) is 1. The van der Waals surface area contributed by atoms with E-state index in [2.05, 4.69) is 5.32 Å². The molecule has 1 N–H and O–H groups in total. The highest BCUT2D eigenvalue weighted by atomic mass is 35.5. The monoisotopic (exact) mass is 365 g/mol. The van der Waals surface area contributed by atoms with Crippen LogP contribution in [0.3, 0.4) is 0 Å². The summed E-state index contributed by atoms with van der Waals surface area (Å²) in [5, 5.41) is 2.76. The highest BCUT2D eigenvalue weighted by Gasteiger charge is 2.12. The largest absolute Gasteiger partial charge is 0.486 e. The minimum absolute atomic E-state index is 0.152. The number of carbonyl (C=O) groups excluding carboxylic acids is 1. The molecule has 124 valence electrons. The zero-order valence-corrected chi connectivity index (χ0v) is 14.0. The van der Waals surface area contributed by atoms with Crippen molar-refractivity contribution < 1.29 is 18.3 Å². The molecular weight excluding hydrogens is 353 g/mol. The van der Waals surface area contributed by atoms with Gasteiger partial charge in [-0.1, -0.05) is 11.6 Å². The number of ether oxygens (including phenoxy) is 1. The fourth-order valence-electron chi connectivity index (χ4n) is 1.96. The predicted molar refractivity (Wildman–Crippen MR) is 89.9 cm³/mol. The molecule has 0 unspecified atom stereocenters. The first-order chi connectivity index (χ1) is 11.6. The molecule has 1 amide bonds. The molecule has 24 heavy (non-hydrogen) atoms. The van der Waals surface area contributed by atoms with Gasteiger partial charge in [0.05, 0.1) is 10.9 Å². The summed E-state index contributed by atoms with van der Waals surface area (Å²) >= 11 is 7.25. The van der Waals surface area contributed by atoms with Gasteiger partial charge in [-0.3, -0.25) is 4.79 Å². The van der Waals surface area contributed by atoms with Crippen LogP contribution >= 0.6 is 22.9 Å². The second kappa shape index (κ2) is 7.51. The lowest BCUT2D eigenvalue weighted by Crippen LogP contribution is -2.21. The first-order valence-corrected chi connectivity index (χ1v) is 8.29. The van der Waals surface area contributed by atoms with E-state index in [-0.39, 0.29) is 24.1 Å². The van der Waals surface area contributed by atoms with Gasteiger partial charge in [0.2, 0.25) is 0 Å². The van der Waals surface area contributed by atoms with Gasteiger partial charge in [-0.05, 0) is 48.5 Å². The standard InChI is InChI=1S/C17H13ClFNO3S/c18-16-8-6-14(24-16)9-20-17(21)15-7-5-13(23-15)10-22-12-3-1-11(19)2-4-12/h1-8H,9-10H2,(H,20,21). The molecule has 0 atom stereocenters. The summed E-state index contributed by atoms with van der Waals surface area (Å²) in [7, 11) is 0. The maximum absolute atomic E-state index is 12.8. The Kier molecular flexibility index (Phi) is 5.17. The molecule has 3 rings (SSSR count). The van der Waals surface area contributed by atoms with Crippen molar-refractivity contribution in [1.82, 2.24) is 5.32 Å². The molecule has 0 aliphatic heterocycles. The number of furan rings is 1. The van der Waals surface area contributed by atoms with E-state index >= 15 is 0 Å². The summed E-state index contributed by atoms with van der Waals surface area (Å²) in [6.07, 6.45) is 0. The lowest BCUT2D eigenvalue weighted by Gasteiger charge is -2.04. The smallest absolute Gasteiger partial charge is 0.287 e. The Labute approximate surface area is 146 Å². The van der Waals surface area contributed by atoms with Gasteiger partial charge in [0.25, 0.3) is 5.91 Å². The second-order valence-corrected chi connectivity index (χ2v) is 6.70.